The third kappa shape index (κ3) is 10.1. The van der Waals surface area contributed by atoms with Crippen molar-refractivity contribution in [2.24, 2.45) is 0 Å². The van der Waals surface area contributed by atoms with E-state index in [0.717, 1.165) is 0 Å². The predicted molar refractivity (Wildman–Crippen MR) is 37.6 cm³/mol. The van der Waals surface area contributed by atoms with Gasteiger partial charge in [-0.15, -0.1) is 0 Å². The van der Waals surface area contributed by atoms with E-state index in [1.807, 2.05) is 0 Å². The molecule has 0 aliphatic rings. The van der Waals surface area contributed by atoms with E-state index < -0.39 is 25.8 Å². The van der Waals surface area contributed by atoms with Crippen molar-refractivity contribution in [3.63, 3.8) is 0 Å². The second-order valence-electron chi connectivity index (χ2n) is 2.36. The quantitative estimate of drug-likeness (QED) is 0.308. The molecule has 0 radical (unpaired) electrons. The van der Waals surface area contributed by atoms with Gasteiger partial charge in [-0.3, -0.25) is 0 Å². The Bertz CT molecular complexity index is 201. The molecule has 3 N–H and O–H groups in total. The summed E-state index contributed by atoms with van der Waals surface area (Å²) in [6.07, 6.45) is -2.30. The van der Waals surface area contributed by atoms with Crippen molar-refractivity contribution in [2.75, 3.05) is 6.16 Å². The Labute approximate surface area is 87.3 Å². The first kappa shape index (κ1) is 15.6. The Hall–Kier alpha value is 0.177. The fourth-order valence-corrected chi connectivity index (χ4v) is 1.19. The molecule has 0 aliphatic carbocycles. The zero-order chi connectivity index (χ0) is 9.78. The third-order valence-electron chi connectivity index (χ3n) is 1.20. The first-order chi connectivity index (χ1) is 5.33. The molecule has 0 rings (SSSR count). The normalized spacial score (nSPS) is 16.8. The Morgan fingerprint density at radius 3 is 2.31 bits per heavy atom. The minimum atomic E-state index is -4.31. The average molecular weight is 204 g/mol. The van der Waals surface area contributed by atoms with Crippen molar-refractivity contribution < 1.29 is 48.2 Å². The van der Waals surface area contributed by atoms with Crippen LogP contribution in [0, 0.1) is 0 Å². The van der Waals surface area contributed by atoms with Crippen LogP contribution in [0.4, 0.5) is 0 Å². The van der Waals surface area contributed by atoms with Crippen LogP contribution in [0.15, 0.2) is 0 Å². The van der Waals surface area contributed by atoms with Crippen LogP contribution >= 0.6 is 7.60 Å². The van der Waals surface area contributed by atoms with E-state index in [0.29, 0.717) is 0 Å². The van der Waals surface area contributed by atoms with Crippen LogP contribution < -0.4 is 23.8 Å². The maximum atomic E-state index is 10.1. The molecule has 1 unspecified atom stereocenters. The summed E-state index contributed by atoms with van der Waals surface area (Å²) in [7, 11) is -4.31. The summed E-state index contributed by atoms with van der Waals surface area (Å²) in [6, 6.07) is 0. The summed E-state index contributed by atoms with van der Waals surface area (Å²) < 4.78 is 10.1. The van der Waals surface area contributed by atoms with Gasteiger partial charge in [-0.05, 0) is 12.8 Å². The Morgan fingerprint density at radius 2 is 2.00 bits per heavy atom. The summed E-state index contributed by atoms with van der Waals surface area (Å²) in [6.45, 7) is 0. The number of carboxylic acids is 1. The third-order valence-corrected chi connectivity index (χ3v) is 2.08. The molecule has 6 nitrogen and oxygen atoms in total. The van der Waals surface area contributed by atoms with Gasteiger partial charge < -0.3 is 24.6 Å². The summed E-state index contributed by atoms with van der Waals surface area (Å²) in [4.78, 5) is 28.4. The number of aliphatic hydroxyl groups excluding tert-OH is 1. The van der Waals surface area contributed by atoms with E-state index in [-0.39, 0.29) is 31.7 Å². The standard InChI is InChI=1S/C5H11O6P.Li/c6-4(5(7)8)2-1-3-12(9,10)11;/h4,6H,1-3H2,(H,7,8)(H2,9,10,11);/q;+1/p-1/t4-;/m0./s1. The fourth-order valence-electron chi connectivity index (χ4n) is 0.608. The van der Waals surface area contributed by atoms with Crippen LogP contribution in [-0.2, 0) is 9.36 Å². The molecule has 8 heteroatoms. The first-order valence-electron chi connectivity index (χ1n) is 3.26. The van der Waals surface area contributed by atoms with Gasteiger partial charge in [0.2, 0.25) is 0 Å². The molecule has 72 valence electrons. The summed E-state index contributed by atoms with van der Waals surface area (Å²) in [5.74, 6) is -1.39. The van der Waals surface area contributed by atoms with Crippen LogP contribution in [-0.4, -0.2) is 33.3 Å². The second-order valence-corrected chi connectivity index (χ2v) is 4.08. The van der Waals surface area contributed by atoms with Gasteiger partial charge in [-0.1, -0.05) is 0 Å². The zero-order valence-corrected chi connectivity index (χ0v) is 8.11. The molecule has 2 atom stereocenters. The van der Waals surface area contributed by atoms with Gasteiger partial charge >= 0.3 is 24.8 Å². The molecule has 0 aromatic carbocycles. The number of rotatable bonds is 5. The van der Waals surface area contributed by atoms with Crippen molar-refractivity contribution in [3.05, 3.63) is 0 Å². The Balaban J connectivity index is 0. The molecule has 0 bridgehead atoms. The van der Waals surface area contributed by atoms with Crippen molar-refractivity contribution in [2.45, 2.75) is 18.9 Å². The molecule has 0 fully saturated rings. The number of aliphatic carboxylic acids is 1. The van der Waals surface area contributed by atoms with Crippen molar-refractivity contribution in [1.29, 1.82) is 0 Å². The van der Waals surface area contributed by atoms with E-state index in [9.17, 15) is 14.3 Å². The number of aliphatic hydroxyl groups is 1. The van der Waals surface area contributed by atoms with Crippen LogP contribution in [0.5, 0.6) is 0 Å². The van der Waals surface area contributed by atoms with Crippen LogP contribution in [0.25, 0.3) is 0 Å². The van der Waals surface area contributed by atoms with E-state index in [1.54, 1.807) is 0 Å². The van der Waals surface area contributed by atoms with Gasteiger partial charge in [0.15, 0.2) is 6.10 Å². The van der Waals surface area contributed by atoms with E-state index in [2.05, 4.69) is 0 Å². The zero-order valence-electron chi connectivity index (χ0n) is 7.21. The van der Waals surface area contributed by atoms with Crippen LogP contribution in [0.2, 0.25) is 0 Å². The number of carboxylic acid groups (broad SMARTS) is 1. The van der Waals surface area contributed by atoms with E-state index >= 15 is 0 Å². The number of hydrogen-bond acceptors (Lipinski definition) is 4. The van der Waals surface area contributed by atoms with Crippen molar-refractivity contribution >= 4 is 13.6 Å². The molecule has 0 amide bonds. The minimum absolute atomic E-state index is 0. The molecule has 0 aromatic rings. The molecule has 0 aromatic heterocycles. The van der Waals surface area contributed by atoms with Gasteiger partial charge in [0, 0.05) is 6.16 Å². The molecule has 13 heavy (non-hydrogen) atoms. The summed E-state index contributed by atoms with van der Waals surface area (Å²) >= 11 is 0. The first-order valence-corrected chi connectivity index (χ1v) is 5.03. The van der Waals surface area contributed by atoms with Gasteiger partial charge in [0.05, 0.1) is 0 Å². The number of carbonyl (C=O) groups is 1. The molecule has 0 aliphatic heterocycles. The summed E-state index contributed by atoms with van der Waals surface area (Å²) in [5, 5.41) is 16.8. The maximum Gasteiger partial charge on any atom is 1.00 e. The fraction of sp³-hybridized carbons (Fsp3) is 0.800. The van der Waals surface area contributed by atoms with Gasteiger partial charge in [-0.2, -0.15) is 0 Å². The van der Waals surface area contributed by atoms with Crippen molar-refractivity contribution in [1.82, 2.24) is 0 Å². The molecule has 0 spiro atoms. The van der Waals surface area contributed by atoms with E-state index in [1.165, 1.54) is 0 Å². The maximum absolute atomic E-state index is 10.1. The molecular formula is C5H10LiO6P. The van der Waals surface area contributed by atoms with Gasteiger partial charge in [0.1, 0.15) is 7.60 Å². The minimum Gasteiger partial charge on any atom is -0.779 e. The SMILES string of the molecule is O=C(O)[C@@H](O)CCCP(=O)([O-])O.[Li+]. The average Bonchev–Trinajstić information content (AvgIpc) is 1.84. The Kier molecular flexibility index (Phi) is 7.95. The van der Waals surface area contributed by atoms with Crippen LogP contribution in [0.3, 0.4) is 0 Å². The van der Waals surface area contributed by atoms with Crippen molar-refractivity contribution in [3.8, 4) is 0 Å². The predicted octanol–water partition coefficient (Wildman–Crippen LogP) is -4.24. The molecule has 0 heterocycles. The Morgan fingerprint density at radius 1 is 1.54 bits per heavy atom. The largest absolute Gasteiger partial charge is 1.00 e. The molecular weight excluding hydrogens is 194 g/mol. The monoisotopic (exact) mass is 204 g/mol. The topological polar surface area (TPSA) is 118 Å². The molecule has 0 saturated heterocycles. The van der Waals surface area contributed by atoms with Gasteiger partial charge in [0.25, 0.3) is 0 Å². The molecule has 0 saturated carbocycles. The van der Waals surface area contributed by atoms with Gasteiger partial charge in [-0.25, -0.2) is 4.79 Å². The van der Waals surface area contributed by atoms with Crippen LogP contribution in [0.1, 0.15) is 12.8 Å². The second kappa shape index (κ2) is 6.60. The number of hydrogen-bond donors (Lipinski definition) is 3. The summed E-state index contributed by atoms with van der Waals surface area (Å²) in [5.41, 5.74) is 0. The smallest absolute Gasteiger partial charge is 0.779 e. The van der Waals surface area contributed by atoms with E-state index in [4.69, 9.17) is 15.1 Å².